The van der Waals surface area contributed by atoms with Gasteiger partial charge in [0.2, 0.25) is 0 Å². The maximum absolute atomic E-state index is 9.24. The van der Waals surface area contributed by atoms with Gasteiger partial charge >= 0.3 is 0 Å². The molecule has 0 spiro atoms. The highest BCUT2D eigenvalue weighted by atomic mass is 16.5. The third kappa shape index (κ3) is 6.39. The highest BCUT2D eigenvalue weighted by molar-refractivity contribution is 4.89. The molecule has 3 heteroatoms. The molecule has 0 radical (unpaired) electrons. The summed E-state index contributed by atoms with van der Waals surface area (Å²) in [6.45, 7) is 3.04. The number of hydrogen-bond donors (Lipinski definition) is 2. The molecule has 0 aromatic rings. The minimum Gasteiger partial charge on any atom is -0.394 e. The van der Waals surface area contributed by atoms with Crippen molar-refractivity contribution in [2.24, 2.45) is 11.7 Å². The van der Waals surface area contributed by atoms with Crippen molar-refractivity contribution >= 4 is 0 Å². The summed E-state index contributed by atoms with van der Waals surface area (Å²) in [7, 11) is 0. The van der Waals surface area contributed by atoms with E-state index in [1.807, 2.05) is 0 Å². The van der Waals surface area contributed by atoms with Gasteiger partial charge in [0.05, 0.1) is 12.7 Å². The predicted molar refractivity (Wildman–Crippen MR) is 70.9 cm³/mol. The standard InChI is InChI=1S/C14H29NO2/c1-2-3-4-5-6-7-10-17-13(11-16)14(15)12-8-9-12/h12-14,16H,2-11,15H2,1H3. The van der Waals surface area contributed by atoms with Gasteiger partial charge < -0.3 is 15.6 Å². The summed E-state index contributed by atoms with van der Waals surface area (Å²) in [5.74, 6) is 0.594. The van der Waals surface area contributed by atoms with Crippen LogP contribution in [-0.2, 0) is 4.74 Å². The second kappa shape index (κ2) is 8.90. The molecule has 0 aromatic heterocycles. The van der Waals surface area contributed by atoms with E-state index in [9.17, 15) is 5.11 Å². The van der Waals surface area contributed by atoms with E-state index < -0.39 is 0 Å². The van der Waals surface area contributed by atoms with Gasteiger partial charge in [-0.1, -0.05) is 39.0 Å². The van der Waals surface area contributed by atoms with Crippen molar-refractivity contribution in [1.82, 2.24) is 0 Å². The molecule has 3 N–H and O–H groups in total. The number of unbranched alkanes of at least 4 members (excludes halogenated alkanes) is 5. The second-order valence-electron chi connectivity index (χ2n) is 5.27. The van der Waals surface area contributed by atoms with Gasteiger partial charge in [-0.15, -0.1) is 0 Å². The number of hydrogen-bond acceptors (Lipinski definition) is 3. The number of ether oxygens (including phenoxy) is 1. The summed E-state index contributed by atoms with van der Waals surface area (Å²) in [6.07, 6.45) is 9.87. The quantitative estimate of drug-likeness (QED) is 0.548. The van der Waals surface area contributed by atoms with Crippen LogP contribution in [0.15, 0.2) is 0 Å². The fourth-order valence-electron chi connectivity index (χ4n) is 2.19. The molecule has 1 saturated carbocycles. The van der Waals surface area contributed by atoms with Gasteiger partial charge in [-0.25, -0.2) is 0 Å². The Hall–Kier alpha value is -0.120. The Morgan fingerprint density at radius 3 is 2.41 bits per heavy atom. The largest absolute Gasteiger partial charge is 0.394 e. The van der Waals surface area contributed by atoms with Crippen LogP contribution in [0.4, 0.5) is 0 Å². The molecule has 1 aliphatic rings. The maximum atomic E-state index is 9.24. The lowest BCUT2D eigenvalue weighted by Gasteiger charge is -2.22. The number of aliphatic hydroxyl groups excluding tert-OH is 1. The van der Waals surface area contributed by atoms with E-state index in [1.165, 1.54) is 44.9 Å². The van der Waals surface area contributed by atoms with Crippen LogP contribution in [0.25, 0.3) is 0 Å². The van der Waals surface area contributed by atoms with E-state index >= 15 is 0 Å². The van der Waals surface area contributed by atoms with Crippen LogP contribution in [0.5, 0.6) is 0 Å². The van der Waals surface area contributed by atoms with Crippen LogP contribution in [0.3, 0.4) is 0 Å². The summed E-state index contributed by atoms with van der Waals surface area (Å²) < 4.78 is 5.69. The molecule has 1 aliphatic carbocycles. The van der Waals surface area contributed by atoms with Crippen LogP contribution in [0.2, 0.25) is 0 Å². The van der Waals surface area contributed by atoms with Crippen molar-refractivity contribution in [3.63, 3.8) is 0 Å². The van der Waals surface area contributed by atoms with Crippen LogP contribution >= 0.6 is 0 Å². The van der Waals surface area contributed by atoms with E-state index in [0.29, 0.717) is 5.92 Å². The minimum absolute atomic E-state index is 0.0418. The zero-order chi connectivity index (χ0) is 12.5. The van der Waals surface area contributed by atoms with Crippen molar-refractivity contribution < 1.29 is 9.84 Å². The Morgan fingerprint density at radius 2 is 1.82 bits per heavy atom. The predicted octanol–water partition coefficient (Wildman–Crippen LogP) is 2.46. The van der Waals surface area contributed by atoms with Gasteiger partial charge in [0.25, 0.3) is 0 Å². The van der Waals surface area contributed by atoms with Crippen molar-refractivity contribution in [2.45, 2.75) is 70.4 Å². The Labute approximate surface area is 106 Å². The van der Waals surface area contributed by atoms with E-state index in [0.717, 1.165) is 13.0 Å². The van der Waals surface area contributed by atoms with Gasteiger partial charge in [-0.3, -0.25) is 0 Å². The van der Waals surface area contributed by atoms with Crippen LogP contribution < -0.4 is 5.73 Å². The van der Waals surface area contributed by atoms with Gasteiger partial charge in [0.15, 0.2) is 0 Å². The molecule has 0 bridgehead atoms. The van der Waals surface area contributed by atoms with Crippen molar-refractivity contribution in [3.05, 3.63) is 0 Å². The normalized spacial score (nSPS) is 19.2. The first-order chi connectivity index (χ1) is 8.29. The summed E-state index contributed by atoms with van der Waals surface area (Å²) >= 11 is 0. The summed E-state index contributed by atoms with van der Waals surface area (Å²) in [6, 6.07) is 0.0418. The summed E-state index contributed by atoms with van der Waals surface area (Å²) in [5, 5.41) is 9.24. The summed E-state index contributed by atoms with van der Waals surface area (Å²) in [5.41, 5.74) is 6.03. The minimum atomic E-state index is -0.141. The van der Waals surface area contributed by atoms with Crippen molar-refractivity contribution in [3.8, 4) is 0 Å². The smallest absolute Gasteiger partial charge is 0.0958 e. The molecular formula is C14H29NO2. The van der Waals surface area contributed by atoms with Crippen LogP contribution in [-0.4, -0.2) is 30.5 Å². The molecular weight excluding hydrogens is 214 g/mol. The van der Waals surface area contributed by atoms with Gasteiger partial charge in [-0.2, -0.15) is 0 Å². The zero-order valence-electron chi connectivity index (χ0n) is 11.2. The molecule has 17 heavy (non-hydrogen) atoms. The number of nitrogens with two attached hydrogens (primary N) is 1. The first-order valence-corrected chi connectivity index (χ1v) is 7.27. The molecule has 0 amide bonds. The molecule has 102 valence electrons. The van der Waals surface area contributed by atoms with Gasteiger partial charge in [0.1, 0.15) is 0 Å². The van der Waals surface area contributed by atoms with Crippen molar-refractivity contribution in [1.29, 1.82) is 0 Å². The fraction of sp³-hybridized carbons (Fsp3) is 1.00. The molecule has 2 atom stereocenters. The maximum Gasteiger partial charge on any atom is 0.0958 e. The van der Waals surface area contributed by atoms with Gasteiger partial charge in [-0.05, 0) is 25.2 Å². The molecule has 1 fully saturated rings. The Morgan fingerprint density at radius 1 is 1.18 bits per heavy atom. The zero-order valence-corrected chi connectivity index (χ0v) is 11.2. The van der Waals surface area contributed by atoms with Crippen LogP contribution in [0, 0.1) is 5.92 Å². The second-order valence-corrected chi connectivity index (χ2v) is 5.27. The summed E-state index contributed by atoms with van der Waals surface area (Å²) in [4.78, 5) is 0. The molecule has 0 saturated heterocycles. The Kier molecular flexibility index (Phi) is 7.82. The van der Waals surface area contributed by atoms with E-state index in [4.69, 9.17) is 10.5 Å². The van der Waals surface area contributed by atoms with Crippen LogP contribution in [0.1, 0.15) is 58.3 Å². The Bertz CT molecular complexity index is 183. The first kappa shape index (κ1) is 14.9. The van der Waals surface area contributed by atoms with Gasteiger partial charge in [0, 0.05) is 12.6 Å². The SMILES string of the molecule is CCCCCCCCOC(CO)C(N)C1CC1. The Balaban J connectivity index is 1.95. The lowest BCUT2D eigenvalue weighted by molar-refractivity contribution is -0.00801. The fourth-order valence-corrected chi connectivity index (χ4v) is 2.19. The lowest BCUT2D eigenvalue weighted by atomic mass is 10.1. The molecule has 0 heterocycles. The molecule has 3 nitrogen and oxygen atoms in total. The average molecular weight is 243 g/mol. The average Bonchev–Trinajstić information content (AvgIpc) is 3.16. The van der Waals surface area contributed by atoms with Crippen molar-refractivity contribution in [2.75, 3.05) is 13.2 Å². The highest BCUT2D eigenvalue weighted by Gasteiger charge is 2.34. The number of rotatable bonds is 11. The first-order valence-electron chi connectivity index (χ1n) is 7.27. The molecule has 0 aliphatic heterocycles. The van der Waals surface area contributed by atoms with E-state index in [-0.39, 0.29) is 18.8 Å². The van der Waals surface area contributed by atoms with E-state index in [1.54, 1.807) is 0 Å². The third-order valence-electron chi connectivity index (χ3n) is 3.61. The molecule has 2 unspecified atom stereocenters. The monoisotopic (exact) mass is 243 g/mol. The topological polar surface area (TPSA) is 55.5 Å². The number of aliphatic hydroxyl groups is 1. The highest BCUT2D eigenvalue weighted by Crippen LogP contribution is 2.33. The third-order valence-corrected chi connectivity index (χ3v) is 3.61. The molecule has 1 rings (SSSR count). The lowest BCUT2D eigenvalue weighted by Crippen LogP contribution is -2.41. The van der Waals surface area contributed by atoms with E-state index in [2.05, 4.69) is 6.92 Å². The molecule has 0 aromatic carbocycles.